The molecule has 0 radical (unpaired) electrons. The molecule has 0 aliphatic rings. The molecule has 0 bridgehead atoms. The molecule has 4 heteroatoms. The smallest absolute Gasteiger partial charge is 0.229 e. The molecule has 10 heavy (non-hydrogen) atoms. The third-order valence-corrected chi connectivity index (χ3v) is 1.07. The van der Waals surface area contributed by atoms with E-state index in [0.717, 1.165) is 6.92 Å². The fraction of sp³-hybridized carbons (Fsp3) is 0.667. The Balaban J connectivity index is 4.08. The maximum absolute atomic E-state index is 10.5. The van der Waals surface area contributed by atoms with Crippen LogP contribution in [-0.2, 0) is 9.59 Å². The summed E-state index contributed by atoms with van der Waals surface area (Å²) in [7, 11) is 0. The van der Waals surface area contributed by atoms with E-state index in [0.29, 0.717) is 0 Å². The van der Waals surface area contributed by atoms with Gasteiger partial charge >= 0.3 is 0 Å². The van der Waals surface area contributed by atoms with E-state index in [9.17, 15) is 9.59 Å². The van der Waals surface area contributed by atoms with E-state index < -0.39 is 23.8 Å². The van der Waals surface area contributed by atoms with Crippen molar-refractivity contribution in [3.05, 3.63) is 0 Å². The Morgan fingerprint density at radius 2 is 1.70 bits per heavy atom. The zero-order valence-corrected chi connectivity index (χ0v) is 5.87. The predicted molar refractivity (Wildman–Crippen MR) is 33.4 cm³/mol. The molecular formula is C6H10O4. The summed E-state index contributed by atoms with van der Waals surface area (Å²) in [6, 6.07) is 0. The van der Waals surface area contributed by atoms with Crippen LogP contribution in [0.3, 0.4) is 0 Å². The fourth-order valence-corrected chi connectivity index (χ4v) is 0.427. The summed E-state index contributed by atoms with van der Waals surface area (Å²) in [5, 5.41) is 17.4. The lowest BCUT2D eigenvalue weighted by Gasteiger charge is -2.08. The van der Waals surface area contributed by atoms with Crippen LogP contribution in [-0.4, -0.2) is 34.0 Å². The number of hydrogen-bond acceptors (Lipinski definition) is 4. The SMILES string of the molecule is CC(=O)C(=O)C(O)C(C)O. The van der Waals surface area contributed by atoms with Gasteiger partial charge in [-0.2, -0.15) is 0 Å². The third-order valence-electron chi connectivity index (χ3n) is 1.07. The van der Waals surface area contributed by atoms with Gasteiger partial charge in [-0.3, -0.25) is 9.59 Å². The highest BCUT2D eigenvalue weighted by atomic mass is 16.3. The first-order valence-corrected chi connectivity index (χ1v) is 2.87. The Bertz CT molecular complexity index is 150. The lowest BCUT2D eigenvalue weighted by atomic mass is 10.1. The van der Waals surface area contributed by atoms with Crippen LogP contribution in [0.5, 0.6) is 0 Å². The van der Waals surface area contributed by atoms with Crippen LogP contribution in [0, 0.1) is 0 Å². The molecule has 0 aromatic rings. The molecule has 0 aliphatic carbocycles. The van der Waals surface area contributed by atoms with Crippen molar-refractivity contribution in [2.24, 2.45) is 0 Å². The summed E-state index contributed by atoms with van der Waals surface area (Å²) in [5.74, 6) is -1.69. The van der Waals surface area contributed by atoms with Gasteiger partial charge in [-0.05, 0) is 6.92 Å². The molecule has 2 unspecified atom stereocenters. The highest BCUT2D eigenvalue weighted by Crippen LogP contribution is 1.93. The van der Waals surface area contributed by atoms with Gasteiger partial charge < -0.3 is 10.2 Å². The van der Waals surface area contributed by atoms with Crippen LogP contribution >= 0.6 is 0 Å². The molecule has 0 rings (SSSR count). The molecule has 0 saturated heterocycles. The van der Waals surface area contributed by atoms with Gasteiger partial charge in [-0.25, -0.2) is 0 Å². The van der Waals surface area contributed by atoms with Gasteiger partial charge in [0.25, 0.3) is 0 Å². The maximum Gasteiger partial charge on any atom is 0.229 e. The minimum atomic E-state index is -1.57. The van der Waals surface area contributed by atoms with Crippen LogP contribution < -0.4 is 0 Å². The molecule has 0 aromatic heterocycles. The molecule has 58 valence electrons. The highest BCUT2D eigenvalue weighted by Gasteiger charge is 2.23. The molecule has 0 aromatic carbocycles. The van der Waals surface area contributed by atoms with Crippen LogP contribution in [0.15, 0.2) is 0 Å². The van der Waals surface area contributed by atoms with Gasteiger partial charge in [0.15, 0.2) is 5.78 Å². The number of rotatable bonds is 3. The van der Waals surface area contributed by atoms with Crippen LogP contribution in [0.25, 0.3) is 0 Å². The maximum atomic E-state index is 10.5. The van der Waals surface area contributed by atoms with E-state index in [1.807, 2.05) is 0 Å². The van der Waals surface area contributed by atoms with E-state index in [2.05, 4.69) is 0 Å². The van der Waals surface area contributed by atoms with E-state index in [1.54, 1.807) is 0 Å². The number of hydrogen-bond donors (Lipinski definition) is 2. The monoisotopic (exact) mass is 146 g/mol. The van der Waals surface area contributed by atoms with Gasteiger partial charge in [0.1, 0.15) is 6.10 Å². The van der Waals surface area contributed by atoms with Gasteiger partial charge in [-0.1, -0.05) is 0 Å². The topological polar surface area (TPSA) is 74.6 Å². The second-order valence-corrected chi connectivity index (χ2v) is 2.11. The second-order valence-electron chi connectivity index (χ2n) is 2.11. The summed E-state index contributed by atoms with van der Waals surface area (Å²) >= 11 is 0. The minimum absolute atomic E-state index is 0.742. The van der Waals surface area contributed by atoms with E-state index in [-0.39, 0.29) is 0 Å². The Hall–Kier alpha value is -0.740. The molecule has 0 saturated carbocycles. The Labute approximate surface area is 58.5 Å². The van der Waals surface area contributed by atoms with Crippen LogP contribution in [0.2, 0.25) is 0 Å². The predicted octanol–water partition coefficient (Wildman–Crippen LogP) is -1.11. The summed E-state index contributed by atoms with van der Waals surface area (Å²) in [6.07, 6.45) is -2.76. The highest BCUT2D eigenvalue weighted by molar-refractivity contribution is 6.38. The number of aliphatic hydroxyl groups excluding tert-OH is 2. The second kappa shape index (κ2) is 3.43. The largest absolute Gasteiger partial charge is 0.390 e. The van der Waals surface area contributed by atoms with Crippen molar-refractivity contribution < 1.29 is 19.8 Å². The first kappa shape index (κ1) is 9.26. The first-order valence-electron chi connectivity index (χ1n) is 2.87. The van der Waals surface area contributed by atoms with Gasteiger partial charge in [-0.15, -0.1) is 0 Å². The summed E-state index contributed by atoms with van der Waals surface area (Å²) < 4.78 is 0. The Morgan fingerprint density at radius 1 is 1.30 bits per heavy atom. The van der Waals surface area contributed by atoms with E-state index >= 15 is 0 Å². The summed E-state index contributed by atoms with van der Waals surface area (Å²) in [6.45, 7) is 2.29. The Kier molecular flexibility index (Phi) is 3.18. The normalized spacial score (nSPS) is 16.0. The lowest BCUT2D eigenvalue weighted by Crippen LogP contribution is -2.35. The molecular weight excluding hydrogens is 136 g/mol. The first-order chi connectivity index (χ1) is 4.46. The summed E-state index contributed by atoms with van der Waals surface area (Å²) in [5.41, 5.74) is 0. The van der Waals surface area contributed by atoms with E-state index in [1.165, 1.54) is 6.92 Å². The molecule has 0 aliphatic heterocycles. The van der Waals surface area contributed by atoms with Crippen molar-refractivity contribution in [1.29, 1.82) is 0 Å². The van der Waals surface area contributed by atoms with Crippen molar-refractivity contribution in [1.82, 2.24) is 0 Å². The molecule has 4 nitrogen and oxygen atoms in total. The number of aliphatic hydroxyl groups is 2. The number of carbonyl (C=O) groups is 2. The quantitative estimate of drug-likeness (QED) is 0.495. The minimum Gasteiger partial charge on any atom is -0.390 e. The third kappa shape index (κ3) is 2.24. The fourth-order valence-electron chi connectivity index (χ4n) is 0.427. The van der Waals surface area contributed by atoms with Gasteiger partial charge in [0.05, 0.1) is 6.10 Å². The molecule has 0 heterocycles. The number of ketones is 2. The molecule has 2 atom stereocenters. The summed E-state index contributed by atoms with van der Waals surface area (Å²) in [4.78, 5) is 20.8. The average Bonchev–Trinajstić information content (AvgIpc) is 1.84. The zero-order valence-electron chi connectivity index (χ0n) is 5.87. The van der Waals surface area contributed by atoms with Crippen LogP contribution in [0.4, 0.5) is 0 Å². The van der Waals surface area contributed by atoms with Crippen molar-refractivity contribution in [3.8, 4) is 0 Å². The standard InChI is InChI=1S/C6H10O4/c1-3(7)5(9)6(10)4(2)8/h3,5,7,9H,1-2H3. The Morgan fingerprint density at radius 3 is 1.80 bits per heavy atom. The number of carbonyl (C=O) groups excluding carboxylic acids is 2. The van der Waals surface area contributed by atoms with Crippen molar-refractivity contribution in [3.63, 3.8) is 0 Å². The molecule has 0 fully saturated rings. The molecule has 0 amide bonds. The number of Topliss-reactive ketones (excluding diaryl/α,β-unsaturated/α-hetero) is 2. The van der Waals surface area contributed by atoms with Crippen molar-refractivity contribution in [2.75, 3.05) is 0 Å². The molecule has 2 N–H and O–H groups in total. The average molecular weight is 146 g/mol. The zero-order chi connectivity index (χ0) is 8.31. The van der Waals surface area contributed by atoms with Gasteiger partial charge in [0, 0.05) is 6.92 Å². The van der Waals surface area contributed by atoms with Crippen molar-refractivity contribution in [2.45, 2.75) is 26.1 Å². The van der Waals surface area contributed by atoms with Gasteiger partial charge in [0.2, 0.25) is 5.78 Å². The lowest BCUT2D eigenvalue weighted by molar-refractivity contribution is -0.143. The molecule has 0 spiro atoms. The van der Waals surface area contributed by atoms with Crippen LogP contribution in [0.1, 0.15) is 13.8 Å². The van der Waals surface area contributed by atoms with E-state index in [4.69, 9.17) is 10.2 Å². The van der Waals surface area contributed by atoms with Crippen molar-refractivity contribution >= 4 is 11.6 Å².